The highest BCUT2D eigenvalue weighted by Gasteiger charge is 2.15. The van der Waals surface area contributed by atoms with Crippen molar-refractivity contribution in [2.45, 2.75) is 20.0 Å². The van der Waals surface area contributed by atoms with Crippen LogP contribution in [0.5, 0.6) is 23.0 Å². The molecule has 2 rings (SSSR count). The van der Waals surface area contributed by atoms with E-state index in [-0.39, 0.29) is 0 Å². The van der Waals surface area contributed by atoms with Gasteiger partial charge in [-0.2, -0.15) is 0 Å². The van der Waals surface area contributed by atoms with Crippen molar-refractivity contribution in [1.82, 2.24) is 5.32 Å². The van der Waals surface area contributed by atoms with Gasteiger partial charge < -0.3 is 24.3 Å². The quantitative estimate of drug-likeness (QED) is 0.804. The van der Waals surface area contributed by atoms with Gasteiger partial charge in [0.15, 0.2) is 11.5 Å². The molecule has 0 aromatic heterocycles. The Labute approximate surface area is 143 Å². The number of nitrogens with one attached hydrogen (secondary N) is 1. The summed E-state index contributed by atoms with van der Waals surface area (Å²) in [7, 11) is 6.54. The Balaban J connectivity index is 2.08. The maximum absolute atomic E-state index is 5.50. The highest BCUT2D eigenvalue weighted by Crippen LogP contribution is 2.39. The Morgan fingerprint density at radius 2 is 1.42 bits per heavy atom. The van der Waals surface area contributed by atoms with Crippen molar-refractivity contribution < 1.29 is 18.9 Å². The van der Waals surface area contributed by atoms with Crippen molar-refractivity contribution in [3.05, 3.63) is 47.0 Å². The van der Waals surface area contributed by atoms with Crippen molar-refractivity contribution in [1.29, 1.82) is 0 Å². The highest BCUT2D eigenvalue weighted by atomic mass is 16.5. The maximum Gasteiger partial charge on any atom is 0.203 e. The molecule has 0 heterocycles. The molecule has 130 valence electrons. The minimum Gasteiger partial charge on any atom is -0.496 e. The lowest BCUT2D eigenvalue weighted by atomic mass is 10.1. The lowest BCUT2D eigenvalue weighted by Gasteiger charge is -2.16. The SMILES string of the molecule is COc1ccc(CNCc2ccc(OC)c(OC)c2OC)cc1C. The zero-order chi connectivity index (χ0) is 17.5. The first-order valence-corrected chi connectivity index (χ1v) is 7.76. The molecule has 1 N–H and O–H groups in total. The lowest BCUT2D eigenvalue weighted by molar-refractivity contribution is 0.321. The maximum atomic E-state index is 5.50. The van der Waals surface area contributed by atoms with E-state index in [0.717, 1.165) is 23.4 Å². The predicted octanol–water partition coefficient (Wildman–Crippen LogP) is 3.32. The second-order valence-electron chi connectivity index (χ2n) is 5.40. The highest BCUT2D eigenvalue weighted by molar-refractivity contribution is 5.55. The molecule has 0 atom stereocenters. The number of benzene rings is 2. The van der Waals surface area contributed by atoms with Crippen molar-refractivity contribution in [3.63, 3.8) is 0 Å². The third-order valence-electron chi connectivity index (χ3n) is 3.89. The summed E-state index contributed by atoms with van der Waals surface area (Å²) in [5, 5.41) is 3.43. The van der Waals surface area contributed by atoms with Crippen LogP contribution in [0.1, 0.15) is 16.7 Å². The molecule has 2 aromatic rings. The van der Waals surface area contributed by atoms with Crippen LogP contribution in [-0.4, -0.2) is 28.4 Å². The first-order valence-electron chi connectivity index (χ1n) is 7.76. The van der Waals surface area contributed by atoms with E-state index in [1.54, 1.807) is 28.4 Å². The summed E-state index contributed by atoms with van der Waals surface area (Å²) in [5.41, 5.74) is 3.34. The normalized spacial score (nSPS) is 10.4. The molecule has 0 spiro atoms. The first kappa shape index (κ1) is 17.9. The molecule has 0 bridgehead atoms. The van der Waals surface area contributed by atoms with Crippen LogP contribution in [0, 0.1) is 6.92 Å². The minimum absolute atomic E-state index is 0.611. The molecule has 0 amide bonds. The average molecular weight is 331 g/mol. The van der Waals surface area contributed by atoms with E-state index in [0.29, 0.717) is 23.8 Å². The molecule has 2 aromatic carbocycles. The van der Waals surface area contributed by atoms with Crippen LogP contribution in [0.2, 0.25) is 0 Å². The zero-order valence-corrected chi connectivity index (χ0v) is 14.9. The van der Waals surface area contributed by atoms with Crippen molar-refractivity contribution >= 4 is 0 Å². The van der Waals surface area contributed by atoms with E-state index in [1.165, 1.54) is 5.56 Å². The summed E-state index contributed by atoms with van der Waals surface area (Å²) >= 11 is 0. The molecule has 24 heavy (non-hydrogen) atoms. The average Bonchev–Trinajstić information content (AvgIpc) is 2.61. The predicted molar refractivity (Wildman–Crippen MR) is 94.4 cm³/mol. The molecule has 5 nitrogen and oxygen atoms in total. The third-order valence-corrected chi connectivity index (χ3v) is 3.89. The second-order valence-corrected chi connectivity index (χ2v) is 5.40. The second kappa shape index (κ2) is 8.45. The number of methoxy groups -OCH3 is 4. The third kappa shape index (κ3) is 3.92. The van der Waals surface area contributed by atoms with Gasteiger partial charge in [0.25, 0.3) is 0 Å². The topological polar surface area (TPSA) is 49.0 Å². The monoisotopic (exact) mass is 331 g/mol. The van der Waals surface area contributed by atoms with Crippen molar-refractivity contribution in [2.24, 2.45) is 0 Å². The Bertz CT molecular complexity index is 685. The summed E-state index contributed by atoms with van der Waals surface area (Å²) in [6.07, 6.45) is 0. The first-order chi connectivity index (χ1) is 11.6. The fourth-order valence-corrected chi connectivity index (χ4v) is 2.69. The zero-order valence-electron chi connectivity index (χ0n) is 14.9. The van der Waals surface area contributed by atoms with Crippen LogP contribution in [0.15, 0.2) is 30.3 Å². The van der Waals surface area contributed by atoms with Gasteiger partial charge in [-0.15, -0.1) is 0 Å². The molecule has 0 saturated carbocycles. The Morgan fingerprint density at radius 1 is 0.750 bits per heavy atom. The Morgan fingerprint density at radius 3 is 2.00 bits per heavy atom. The Hall–Kier alpha value is -2.40. The van der Waals surface area contributed by atoms with Crippen LogP contribution in [-0.2, 0) is 13.1 Å². The van der Waals surface area contributed by atoms with Gasteiger partial charge in [-0.3, -0.25) is 0 Å². The number of ether oxygens (including phenoxy) is 4. The molecule has 0 aliphatic carbocycles. The van der Waals surface area contributed by atoms with Gasteiger partial charge in [0.1, 0.15) is 5.75 Å². The molecule has 0 unspecified atom stereocenters. The Kier molecular flexibility index (Phi) is 6.32. The van der Waals surface area contributed by atoms with E-state index in [9.17, 15) is 0 Å². The van der Waals surface area contributed by atoms with Gasteiger partial charge in [0, 0.05) is 18.7 Å². The fourth-order valence-electron chi connectivity index (χ4n) is 2.69. The summed E-state index contributed by atoms with van der Waals surface area (Å²) in [5.74, 6) is 2.86. The van der Waals surface area contributed by atoms with E-state index < -0.39 is 0 Å². The van der Waals surface area contributed by atoms with Gasteiger partial charge >= 0.3 is 0 Å². The summed E-state index contributed by atoms with van der Waals surface area (Å²) in [6, 6.07) is 10.0. The number of rotatable bonds is 8. The summed E-state index contributed by atoms with van der Waals surface area (Å²) in [6.45, 7) is 3.45. The minimum atomic E-state index is 0.611. The number of hydrogen-bond donors (Lipinski definition) is 1. The van der Waals surface area contributed by atoms with Gasteiger partial charge in [0.2, 0.25) is 5.75 Å². The van der Waals surface area contributed by atoms with Crippen LogP contribution in [0.3, 0.4) is 0 Å². The largest absolute Gasteiger partial charge is 0.496 e. The molecule has 0 fully saturated rings. The van der Waals surface area contributed by atoms with Crippen LogP contribution >= 0.6 is 0 Å². The molecule has 0 aliphatic rings. The van der Waals surface area contributed by atoms with E-state index in [4.69, 9.17) is 18.9 Å². The molecule has 5 heteroatoms. The van der Waals surface area contributed by atoms with E-state index in [2.05, 4.69) is 17.4 Å². The molecular formula is C19H25NO4. The van der Waals surface area contributed by atoms with Crippen LogP contribution < -0.4 is 24.3 Å². The van der Waals surface area contributed by atoms with E-state index >= 15 is 0 Å². The molecule has 0 radical (unpaired) electrons. The van der Waals surface area contributed by atoms with Crippen molar-refractivity contribution in [3.8, 4) is 23.0 Å². The van der Waals surface area contributed by atoms with E-state index in [1.807, 2.05) is 25.1 Å². The standard InChI is InChI=1S/C19H25NO4/c1-13-10-14(6-8-16(13)21-2)11-20-12-15-7-9-17(22-3)19(24-5)18(15)23-4/h6-10,20H,11-12H2,1-5H3. The van der Waals surface area contributed by atoms with Crippen LogP contribution in [0.4, 0.5) is 0 Å². The molecule has 0 saturated heterocycles. The smallest absolute Gasteiger partial charge is 0.203 e. The van der Waals surface area contributed by atoms with Gasteiger partial charge in [0.05, 0.1) is 28.4 Å². The van der Waals surface area contributed by atoms with Gasteiger partial charge in [-0.25, -0.2) is 0 Å². The summed E-state index contributed by atoms with van der Waals surface area (Å²) < 4.78 is 21.5. The van der Waals surface area contributed by atoms with Gasteiger partial charge in [-0.05, 0) is 30.2 Å². The summed E-state index contributed by atoms with van der Waals surface area (Å²) in [4.78, 5) is 0. The number of aryl methyl sites for hydroxylation is 1. The molecule has 0 aliphatic heterocycles. The van der Waals surface area contributed by atoms with Crippen molar-refractivity contribution in [2.75, 3.05) is 28.4 Å². The molecular weight excluding hydrogens is 306 g/mol. The van der Waals surface area contributed by atoms with Gasteiger partial charge in [-0.1, -0.05) is 18.2 Å². The van der Waals surface area contributed by atoms with Crippen LogP contribution in [0.25, 0.3) is 0 Å². The number of hydrogen-bond acceptors (Lipinski definition) is 5. The fraction of sp³-hybridized carbons (Fsp3) is 0.368. The lowest BCUT2D eigenvalue weighted by Crippen LogP contribution is -2.14.